The van der Waals surface area contributed by atoms with E-state index in [4.69, 9.17) is 0 Å². The molecule has 0 radical (unpaired) electrons. The van der Waals surface area contributed by atoms with Crippen molar-refractivity contribution >= 4 is 0 Å². The molecule has 1 rings (SSSR count). The van der Waals surface area contributed by atoms with Crippen molar-refractivity contribution in [3.63, 3.8) is 0 Å². The van der Waals surface area contributed by atoms with Crippen molar-refractivity contribution in [2.45, 2.75) is 98.3 Å². The SMILES string of the molecule is CC(C)CCCCCc1c(O)cc(C(C)(C)C)cc1C(C)(C)C. The zero-order chi connectivity index (χ0) is 17.8. The summed E-state index contributed by atoms with van der Waals surface area (Å²) < 4.78 is 0. The van der Waals surface area contributed by atoms with Crippen LogP contribution in [0, 0.1) is 5.92 Å². The molecule has 1 nitrogen and oxygen atoms in total. The summed E-state index contributed by atoms with van der Waals surface area (Å²) in [6.07, 6.45) is 6.01. The smallest absolute Gasteiger partial charge is 0.119 e. The van der Waals surface area contributed by atoms with Crippen LogP contribution in [0.15, 0.2) is 12.1 Å². The molecule has 1 aromatic carbocycles. The van der Waals surface area contributed by atoms with Crippen LogP contribution >= 0.6 is 0 Å². The lowest BCUT2D eigenvalue weighted by molar-refractivity contribution is 0.453. The minimum Gasteiger partial charge on any atom is -0.508 e. The highest BCUT2D eigenvalue weighted by atomic mass is 16.3. The molecular weight excluding hydrogens is 280 g/mol. The highest BCUT2D eigenvalue weighted by Gasteiger charge is 2.24. The van der Waals surface area contributed by atoms with Crippen LogP contribution in [0.3, 0.4) is 0 Å². The van der Waals surface area contributed by atoms with E-state index in [0.29, 0.717) is 5.75 Å². The van der Waals surface area contributed by atoms with Gasteiger partial charge in [0.25, 0.3) is 0 Å². The molecule has 0 amide bonds. The number of aromatic hydroxyl groups is 1. The Kier molecular flexibility index (Phi) is 6.74. The van der Waals surface area contributed by atoms with Gasteiger partial charge in [-0.3, -0.25) is 0 Å². The third kappa shape index (κ3) is 6.20. The van der Waals surface area contributed by atoms with Gasteiger partial charge in [0.05, 0.1) is 0 Å². The molecule has 1 aromatic rings. The van der Waals surface area contributed by atoms with Gasteiger partial charge in [0.1, 0.15) is 5.75 Å². The van der Waals surface area contributed by atoms with Crippen LogP contribution in [0.2, 0.25) is 0 Å². The van der Waals surface area contributed by atoms with Crippen molar-refractivity contribution in [2.24, 2.45) is 5.92 Å². The summed E-state index contributed by atoms with van der Waals surface area (Å²) in [6.45, 7) is 17.9. The molecule has 0 saturated heterocycles. The van der Waals surface area contributed by atoms with E-state index >= 15 is 0 Å². The molecule has 0 heterocycles. The zero-order valence-electron chi connectivity index (χ0n) is 16.7. The lowest BCUT2D eigenvalue weighted by atomic mass is 9.77. The second-order valence-corrected chi connectivity index (χ2v) is 9.51. The van der Waals surface area contributed by atoms with Gasteiger partial charge in [-0.25, -0.2) is 0 Å². The monoisotopic (exact) mass is 318 g/mol. The first-order valence-corrected chi connectivity index (χ1v) is 9.29. The summed E-state index contributed by atoms with van der Waals surface area (Å²) in [5.41, 5.74) is 3.82. The first kappa shape index (κ1) is 20.1. The van der Waals surface area contributed by atoms with Crippen molar-refractivity contribution in [1.82, 2.24) is 0 Å². The Morgan fingerprint density at radius 1 is 0.870 bits per heavy atom. The van der Waals surface area contributed by atoms with Gasteiger partial charge in [-0.05, 0) is 52.3 Å². The van der Waals surface area contributed by atoms with Gasteiger partial charge in [0, 0.05) is 0 Å². The quantitative estimate of drug-likeness (QED) is 0.575. The Labute approximate surface area is 144 Å². The Hall–Kier alpha value is -0.980. The Bertz CT molecular complexity index is 498. The molecule has 0 aliphatic carbocycles. The van der Waals surface area contributed by atoms with E-state index in [1.54, 1.807) is 0 Å². The molecule has 1 N–H and O–H groups in total. The maximum atomic E-state index is 10.6. The molecule has 0 saturated carbocycles. The van der Waals surface area contributed by atoms with Gasteiger partial charge >= 0.3 is 0 Å². The molecule has 0 unspecified atom stereocenters. The number of hydrogen-bond acceptors (Lipinski definition) is 1. The normalized spacial score (nSPS) is 12.9. The molecule has 0 spiro atoms. The average Bonchev–Trinajstić information content (AvgIpc) is 2.36. The number of phenols is 1. The summed E-state index contributed by atoms with van der Waals surface area (Å²) in [5, 5.41) is 10.6. The van der Waals surface area contributed by atoms with E-state index in [9.17, 15) is 5.11 Å². The summed E-state index contributed by atoms with van der Waals surface area (Å²) in [7, 11) is 0. The molecule has 0 aliphatic rings. The Morgan fingerprint density at radius 3 is 1.96 bits per heavy atom. The summed E-state index contributed by atoms with van der Waals surface area (Å²) in [4.78, 5) is 0. The zero-order valence-corrected chi connectivity index (χ0v) is 16.7. The van der Waals surface area contributed by atoms with Crippen LogP contribution < -0.4 is 0 Å². The second-order valence-electron chi connectivity index (χ2n) is 9.51. The van der Waals surface area contributed by atoms with Crippen LogP contribution in [0.5, 0.6) is 5.75 Å². The molecule has 0 fully saturated rings. The molecule has 23 heavy (non-hydrogen) atoms. The Balaban J connectivity index is 2.98. The molecule has 0 aliphatic heterocycles. The summed E-state index contributed by atoms with van der Waals surface area (Å²) in [5.74, 6) is 1.28. The number of rotatable bonds is 6. The molecule has 132 valence electrons. The van der Waals surface area contributed by atoms with Crippen LogP contribution in [-0.2, 0) is 17.3 Å². The fourth-order valence-electron chi connectivity index (χ4n) is 3.05. The minimum atomic E-state index is 0.0615. The average molecular weight is 319 g/mol. The van der Waals surface area contributed by atoms with E-state index in [1.807, 2.05) is 6.07 Å². The van der Waals surface area contributed by atoms with E-state index in [-0.39, 0.29) is 10.8 Å². The van der Waals surface area contributed by atoms with E-state index in [2.05, 4.69) is 61.5 Å². The van der Waals surface area contributed by atoms with E-state index < -0.39 is 0 Å². The van der Waals surface area contributed by atoms with Crippen LogP contribution in [-0.4, -0.2) is 5.11 Å². The highest BCUT2D eigenvalue weighted by molar-refractivity contribution is 5.48. The Morgan fingerprint density at radius 2 is 1.48 bits per heavy atom. The minimum absolute atomic E-state index is 0.0615. The van der Waals surface area contributed by atoms with Crippen LogP contribution in [0.4, 0.5) is 0 Å². The third-order valence-electron chi connectivity index (χ3n) is 4.61. The van der Waals surface area contributed by atoms with Crippen LogP contribution in [0.1, 0.15) is 97.8 Å². The van der Waals surface area contributed by atoms with Crippen molar-refractivity contribution in [1.29, 1.82) is 0 Å². The van der Waals surface area contributed by atoms with Gasteiger partial charge in [-0.1, -0.05) is 80.7 Å². The molecule has 0 atom stereocenters. The number of benzene rings is 1. The van der Waals surface area contributed by atoms with Crippen molar-refractivity contribution < 1.29 is 5.11 Å². The lowest BCUT2D eigenvalue weighted by Gasteiger charge is -2.28. The largest absolute Gasteiger partial charge is 0.508 e. The van der Waals surface area contributed by atoms with Crippen molar-refractivity contribution in [3.05, 3.63) is 28.8 Å². The van der Waals surface area contributed by atoms with Gasteiger partial charge in [0.15, 0.2) is 0 Å². The van der Waals surface area contributed by atoms with Crippen molar-refractivity contribution in [3.8, 4) is 5.75 Å². The van der Waals surface area contributed by atoms with Crippen LogP contribution in [0.25, 0.3) is 0 Å². The van der Waals surface area contributed by atoms with Gasteiger partial charge in [-0.2, -0.15) is 0 Å². The third-order valence-corrected chi connectivity index (χ3v) is 4.61. The first-order chi connectivity index (χ1) is 10.4. The maximum Gasteiger partial charge on any atom is 0.119 e. The summed E-state index contributed by atoms with van der Waals surface area (Å²) in [6, 6.07) is 4.31. The summed E-state index contributed by atoms with van der Waals surface area (Å²) >= 11 is 0. The molecule has 0 bridgehead atoms. The predicted octanol–water partition coefficient (Wildman–Crippen LogP) is 6.75. The first-order valence-electron chi connectivity index (χ1n) is 9.29. The second kappa shape index (κ2) is 7.73. The number of hydrogen-bond donors (Lipinski definition) is 1. The van der Waals surface area contributed by atoms with Gasteiger partial charge in [-0.15, -0.1) is 0 Å². The highest BCUT2D eigenvalue weighted by Crippen LogP contribution is 2.37. The van der Waals surface area contributed by atoms with Crippen molar-refractivity contribution in [2.75, 3.05) is 0 Å². The topological polar surface area (TPSA) is 20.2 Å². The number of phenolic OH excluding ortho intramolecular Hbond substituents is 1. The predicted molar refractivity (Wildman–Crippen MR) is 103 cm³/mol. The molecular formula is C22H38O. The van der Waals surface area contributed by atoms with E-state index in [1.165, 1.54) is 30.4 Å². The standard InChI is InChI=1S/C22H38O/c1-16(2)12-10-9-11-13-18-19(22(6,7)8)14-17(15-20(18)23)21(3,4)5/h14-16,23H,9-13H2,1-8H3. The fraction of sp³-hybridized carbons (Fsp3) is 0.727. The van der Waals surface area contributed by atoms with Gasteiger partial charge < -0.3 is 5.11 Å². The maximum absolute atomic E-state index is 10.6. The van der Waals surface area contributed by atoms with Gasteiger partial charge in [0.2, 0.25) is 0 Å². The fourth-order valence-corrected chi connectivity index (χ4v) is 3.05. The van der Waals surface area contributed by atoms with E-state index in [0.717, 1.165) is 24.3 Å². The molecule has 0 aromatic heterocycles. The lowest BCUT2D eigenvalue weighted by Crippen LogP contribution is -2.18. The molecule has 1 heteroatoms. The number of unbranched alkanes of at least 4 members (excludes halogenated alkanes) is 2.